The van der Waals surface area contributed by atoms with Gasteiger partial charge in [0.2, 0.25) is 0 Å². The number of fused-ring (bicyclic) bond motifs is 1. The first-order valence-electron chi connectivity index (χ1n) is 7.69. The predicted octanol–water partition coefficient (Wildman–Crippen LogP) is 3.28. The average Bonchev–Trinajstić information content (AvgIpc) is 3.01. The van der Waals surface area contributed by atoms with Crippen LogP contribution in [0, 0.1) is 0 Å². The number of benzene rings is 2. The number of carbonyl (C=O) groups excluding carboxylic acids is 2. The molecule has 1 aromatic heterocycles. The molecule has 1 heterocycles. The maximum Gasteiger partial charge on any atom is 0.381 e. The molecule has 3 rings (SSSR count). The molecule has 0 atom stereocenters. The molecule has 0 saturated carbocycles. The highest BCUT2D eigenvalue weighted by atomic mass is 35.5. The Morgan fingerprint density at radius 2 is 1.77 bits per heavy atom. The summed E-state index contributed by atoms with van der Waals surface area (Å²) >= 11 is 5.97. The maximum atomic E-state index is 13.1. The Morgan fingerprint density at radius 1 is 1.08 bits per heavy atom. The third-order valence-electron chi connectivity index (χ3n) is 3.69. The van der Waals surface area contributed by atoms with Crippen molar-refractivity contribution in [2.24, 2.45) is 0 Å². The van der Waals surface area contributed by atoms with Crippen molar-refractivity contribution < 1.29 is 22.7 Å². The zero-order valence-corrected chi connectivity index (χ0v) is 15.3. The molecule has 0 radical (unpaired) electrons. The van der Waals surface area contributed by atoms with Crippen molar-refractivity contribution in [1.29, 1.82) is 0 Å². The normalized spacial score (nSPS) is 11.5. The van der Waals surface area contributed by atoms with Crippen LogP contribution in [0.1, 0.15) is 17.4 Å². The number of halogens is 1. The Balaban J connectivity index is 2.31. The van der Waals surface area contributed by atoms with Crippen molar-refractivity contribution in [2.75, 3.05) is 6.61 Å². The smallest absolute Gasteiger partial charge is 0.381 e. The van der Waals surface area contributed by atoms with Gasteiger partial charge in [-0.3, -0.25) is 4.79 Å². The number of hydrogen-bond acceptors (Lipinski definition) is 5. The predicted molar refractivity (Wildman–Crippen MR) is 96.9 cm³/mol. The summed E-state index contributed by atoms with van der Waals surface area (Å²) in [4.78, 5) is 24.4. The lowest BCUT2D eigenvalue weighted by atomic mass is 10.2. The molecule has 26 heavy (non-hydrogen) atoms. The fourth-order valence-electron chi connectivity index (χ4n) is 2.58. The average molecular weight is 392 g/mol. The maximum absolute atomic E-state index is 13.1. The summed E-state index contributed by atoms with van der Waals surface area (Å²) in [7, 11) is -4.11. The second-order valence-corrected chi connectivity index (χ2v) is 7.59. The molecule has 0 aliphatic heterocycles. The van der Waals surface area contributed by atoms with Crippen LogP contribution in [0.3, 0.4) is 0 Å². The van der Waals surface area contributed by atoms with Gasteiger partial charge < -0.3 is 4.74 Å². The van der Waals surface area contributed by atoms with E-state index >= 15 is 0 Å². The van der Waals surface area contributed by atoms with Crippen LogP contribution in [0.15, 0.2) is 59.5 Å². The van der Waals surface area contributed by atoms with Crippen molar-refractivity contribution in [1.82, 2.24) is 3.97 Å². The lowest BCUT2D eigenvalue weighted by molar-refractivity contribution is -0.137. The molecule has 8 heteroatoms. The van der Waals surface area contributed by atoms with Gasteiger partial charge in [0.25, 0.3) is 15.8 Å². The molecule has 0 N–H and O–H groups in total. The number of hydrogen-bond donors (Lipinski definition) is 0. The zero-order chi connectivity index (χ0) is 18.9. The van der Waals surface area contributed by atoms with Gasteiger partial charge in [0.05, 0.1) is 17.0 Å². The second-order valence-electron chi connectivity index (χ2n) is 5.36. The van der Waals surface area contributed by atoms with Crippen molar-refractivity contribution in [3.63, 3.8) is 0 Å². The van der Waals surface area contributed by atoms with E-state index in [0.717, 1.165) is 3.97 Å². The minimum Gasteiger partial charge on any atom is -0.460 e. The van der Waals surface area contributed by atoms with Crippen LogP contribution in [-0.2, 0) is 19.6 Å². The lowest BCUT2D eigenvalue weighted by Crippen LogP contribution is -2.24. The molecule has 0 amide bonds. The highest BCUT2D eigenvalue weighted by Crippen LogP contribution is 2.28. The minimum atomic E-state index is -4.11. The van der Waals surface area contributed by atoms with Gasteiger partial charge in [-0.15, -0.1) is 0 Å². The van der Waals surface area contributed by atoms with Gasteiger partial charge in [-0.2, -0.15) is 0 Å². The number of rotatable bonds is 5. The van der Waals surface area contributed by atoms with Gasteiger partial charge in [-0.25, -0.2) is 17.2 Å². The number of ether oxygens (including phenoxy) is 1. The van der Waals surface area contributed by atoms with E-state index in [1.54, 1.807) is 25.1 Å². The monoisotopic (exact) mass is 391 g/mol. The minimum absolute atomic E-state index is 0.00205. The molecular formula is C18H14ClNO5S. The van der Waals surface area contributed by atoms with E-state index in [0.29, 0.717) is 10.4 Å². The molecule has 2 aromatic carbocycles. The molecule has 0 unspecified atom stereocenters. The topological polar surface area (TPSA) is 82.4 Å². The highest BCUT2D eigenvalue weighted by Gasteiger charge is 2.30. The number of aromatic nitrogens is 1. The largest absolute Gasteiger partial charge is 0.460 e. The van der Waals surface area contributed by atoms with Gasteiger partial charge in [0, 0.05) is 10.4 Å². The van der Waals surface area contributed by atoms with Crippen LogP contribution >= 0.6 is 11.6 Å². The summed E-state index contributed by atoms with van der Waals surface area (Å²) in [5, 5.41) is 0.798. The molecule has 0 spiro atoms. The van der Waals surface area contributed by atoms with E-state index in [9.17, 15) is 18.0 Å². The van der Waals surface area contributed by atoms with E-state index in [1.807, 2.05) is 0 Å². The van der Waals surface area contributed by atoms with Crippen molar-refractivity contribution >= 4 is 44.3 Å². The molecule has 0 fully saturated rings. The van der Waals surface area contributed by atoms with E-state index in [2.05, 4.69) is 0 Å². The van der Waals surface area contributed by atoms with Crippen LogP contribution in [-0.4, -0.2) is 30.7 Å². The fourth-order valence-corrected chi connectivity index (χ4v) is 4.29. The Hall–Kier alpha value is -2.64. The summed E-state index contributed by atoms with van der Waals surface area (Å²) in [5.41, 5.74) is -0.0597. The van der Waals surface area contributed by atoms with E-state index in [1.165, 1.54) is 36.4 Å². The van der Waals surface area contributed by atoms with Crippen LogP contribution in [0.25, 0.3) is 10.9 Å². The molecule has 0 aliphatic rings. The summed E-state index contributed by atoms with van der Waals surface area (Å²) in [6.07, 6.45) is 0. The Bertz CT molecular complexity index is 1100. The summed E-state index contributed by atoms with van der Waals surface area (Å²) < 4.78 is 31.8. The first kappa shape index (κ1) is 18.2. The molecule has 0 aliphatic carbocycles. The van der Waals surface area contributed by atoms with E-state index in [4.69, 9.17) is 16.3 Å². The third kappa shape index (κ3) is 3.11. The Kier molecular flexibility index (Phi) is 4.84. The first-order chi connectivity index (χ1) is 12.4. The van der Waals surface area contributed by atoms with Crippen LogP contribution in [0.5, 0.6) is 0 Å². The zero-order valence-electron chi connectivity index (χ0n) is 13.7. The number of nitrogens with zero attached hydrogens (tertiary/aromatic N) is 1. The molecule has 0 saturated heterocycles. The summed E-state index contributed by atoms with van der Waals surface area (Å²) in [6, 6.07) is 13.5. The molecular weight excluding hydrogens is 378 g/mol. The van der Waals surface area contributed by atoms with Gasteiger partial charge in [-0.05, 0) is 43.3 Å². The van der Waals surface area contributed by atoms with Gasteiger partial charge >= 0.3 is 5.97 Å². The van der Waals surface area contributed by atoms with Gasteiger partial charge in [0.15, 0.2) is 0 Å². The number of carbonyl (C=O) groups is 2. The number of ketones is 1. The van der Waals surface area contributed by atoms with E-state index in [-0.39, 0.29) is 22.7 Å². The van der Waals surface area contributed by atoms with Gasteiger partial charge in [0.1, 0.15) is 5.69 Å². The second kappa shape index (κ2) is 6.93. The standard InChI is InChI=1S/C18H14ClNO5S/c1-2-25-18(22)17(21)16-11-12-10-13(19)8-9-15(12)20(16)26(23,24)14-6-4-3-5-7-14/h3-11H,2H2,1H3. The van der Waals surface area contributed by atoms with Gasteiger partial charge in [-0.1, -0.05) is 29.8 Å². The number of Topliss-reactive ketones (excluding diaryl/α,β-unsaturated/α-hetero) is 1. The lowest BCUT2D eigenvalue weighted by Gasteiger charge is -2.11. The summed E-state index contributed by atoms with van der Waals surface area (Å²) in [5.74, 6) is -2.16. The Morgan fingerprint density at radius 3 is 2.42 bits per heavy atom. The quantitative estimate of drug-likeness (QED) is 0.378. The van der Waals surface area contributed by atoms with Crippen molar-refractivity contribution in [3.8, 4) is 0 Å². The Labute approximate surface area is 155 Å². The first-order valence-corrected chi connectivity index (χ1v) is 9.51. The van der Waals surface area contributed by atoms with Crippen molar-refractivity contribution in [2.45, 2.75) is 11.8 Å². The molecule has 0 bridgehead atoms. The molecule has 6 nitrogen and oxygen atoms in total. The number of esters is 1. The SMILES string of the molecule is CCOC(=O)C(=O)c1cc2cc(Cl)ccc2n1S(=O)(=O)c1ccccc1. The van der Waals surface area contributed by atoms with E-state index < -0.39 is 21.8 Å². The molecule has 134 valence electrons. The molecule has 3 aromatic rings. The van der Waals surface area contributed by atoms with Crippen molar-refractivity contribution in [3.05, 3.63) is 65.3 Å². The third-order valence-corrected chi connectivity index (χ3v) is 5.67. The highest BCUT2D eigenvalue weighted by molar-refractivity contribution is 7.90. The van der Waals surface area contributed by atoms with Crippen LogP contribution in [0.2, 0.25) is 5.02 Å². The van der Waals surface area contributed by atoms with Crippen LogP contribution in [0.4, 0.5) is 0 Å². The van der Waals surface area contributed by atoms with Crippen LogP contribution < -0.4 is 0 Å². The fraction of sp³-hybridized carbons (Fsp3) is 0.111. The summed E-state index contributed by atoms with van der Waals surface area (Å²) in [6.45, 7) is 1.56.